The first-order chi connectivity index (χ1) is 27.5. The first-order valence-electron chi connectivity index (χ1n) is 17.5. The molecule has 0 radical (unpaired) electrons. The van der Waals surface area contributed by atoms with Crippen LogP contribution in [0, 0.1) is 0 Å². The Morgan fingerprint density at radius 3 is 0.860 bits per heavy atom. The van der Waals surface area contributed by atoms with Gasteiger partial charge in [-0.15, -0.1) is 0 Å². The van der Waals surface area contributed by atoms with Crippen LogP contribution in [-0.2, 0) is 29.0 Å². The SMILES string of the molecule is COC(=O)c1ccc(-c2ccc(-c3ccc(-c4ccc(C(=O)OC)cc4)cn3)nc2)cc1.[Ru].c1ccc(-c2ccccn2)nc1.c1ccc(-c2ccccn2)nc1. The quantitative estimate of drug-likeness (QED) is 0.113. The van der Waals surface area contributed by atoms with E-state index in [1.54, 1.807) is 61.4 Å². The van der Waals surface area contributed by atoms with Crippen molar-refractivity contribution in [1.29, 1.82) is 0 Å². The van der Waals surface area contributed by atoms with Crippen LogP contribution in [0.3, 0.4) is 0 Å². The van der Waals surface area contributed by atoms with E-state index in [4.69, 9.17) is 9.47 Å². The molecule has 0 N–H and O–H groups in total. The molecule has 11 heteroatoms. The Labute approximate surface area is 343 Å². The molecule has 57 heavy (non-hydrogen) atoms. The summed E-state index contributed by atoms with van der Waals surface area (Å²) < 4.78 is 9.45. The summed E-state index contributed by atoms with van der Waals surface area (Å²) in [6.45, 7) is 0. The Morgan fingerprint density at radius 1 is 0.351 bits per heavy atom. The maximum absolute atomic E-state index is 11.6. The van der Waals surface area contributed by atoms with Gasteiger partial charge in [0, 0.05) is 67.8 Å². The molecule has 0 unspecified atom stereocenters. The largest absolute Gasteiger partial charge is 0.465 e. The fourth-order valence-electron chi connectivity index (χ4n) is 5.32. The second-order valence-corrected chi connectivity index (χ2v) is 11.9. The number of rotatable bonds is 7. The van der Waals surface area contributed by atoms with E-state index in [-0.39, 0.29) is 31.4 Å². The van der Waals surface area contributed by atoms with Crippen LogP contribution >= 0.6 is 0 Å². The smallest absolute Gasteiger partial charge is 0.337 e. The molecule has 2 aromatic carbocycles. The van der Waals surface area contributed by atoms with E-state index in [1.165, 1.54) is 14.2 Å². The monoisotopic (exact) mass is 838 g/mol. The summed E-state index contributed by atoms with van der Waals surface area (Å²) in [5.41, 5.74) is 9.97. The predicted molar refractivity (Wildman–Crippen MR) is 216 cm³/mol. The molecule has 0 aliphatic carbocycles. The summed E-state index contributed by atoms with van der Waals surface area (Å²) in [5.74, 6) is -0.724. The van der Waals surface area contributed by atoms with Gasteiger partial charge >= 0.3 is 11.9 Å². The molecule has 0 fully saturated rings. The molecule has 0 amide bonds. The number of aromatic nitrogens is 6. The molecule has 0 aliphatic rings. The summed E-state index contributed by atoms with van der Waals surface area (Å²) >= 11 is 0. The van der Waals surface area contributed by atoms with Crippen molar-refractivity contribution in [2.75, 3.05) is 14.2 Å². The summed E-state index contributed by atoms with van der Waals surface area (Å²) in [5, 5.41) is 0. The molecular formula is C46H36N6O4Ru. The minimum Gasteiger partial charge on any atom is -0.465 e. The van der Waals surface area contributed by atoms with Gasteiger partial charge in [-0.25, -0.2) is 9.59 Å². The van der Waals surface area contributed by atoms with Gasteiger partial charge in [0.25, 0.3) is 0 Å². The molecular weight excluding hydrogens is 802 g/mol. The van der Waals surface area contributed by atoms with Crippen molar-refractivity contribution in [2.24, 2.45) is 0 Å². The van der Waals surface area contributed by atoms with Crippen LogP contribution in [0.15, 0.2) is 183 Å². The van der Waals surface area contributed by atoms with E-state index in [9.17, 15) is 9.59 Å². The Balaban J connectivity index is 0.000000201. The summed E-state index contributed by atoms with van der Waals surface area (Å²) in [7, 11) is 2.72. The zero-order chi connectivity index (χ0) is 39.0. The van der Waals surface area contributed by atoms with E-state index in [1.807, 2.05) is 121 Å². The molecule has 8 aromatic rings. The van der Waals surface area contributed by atoms with Crippen molar-refractivity contribution in [3.05, 3.63) is 194 Å². The zero-order valence-corrected chi connectivity index (χ0v) is 32.7. The molecule has 0 saturated carbocycles. The minimum atomic E-state index is -0.362. The summed E-state index contributed by atoms with van der Waals surface area (Å²) in [4.78, 5) is 49.0. The van der Waals surface area contributed by atoms with Gasteiger partial charge in [0.2, 0.25) is 0 Å². The fourth-order valence-corrected chi connectivity index (χ4v) is 5.32. The van der Waals surface area contributed by atoms with Gasteiger partial charge in [0.15, 0.2) is 0 Å². The molecule has 0 aliphatic heterocycles. The average molecular weight is 838 g/mol. The third-order valence-corrected chi connectivity index (χ3v) is 8.25. The number of esters is 2. The number of nitrogens with zero attached hydrogens (tertiary/aromatic N) is 6. The van der Waals surface area contributed by atoms with Crippen LogP contribution in [0.5, 0.6) is 0 Å². The van der Waals surface area contributed by atoms with Crippen molar-refractivity contribution in [3.8, 4) is 56.4 Å². The number of hydrogen-bond acceptors (Lipinski definition) is 10. The first-order valence-corrected chi connectivity index (χ1v) is 17.5. The van der Waals surface area contributed by atoms with Crippen LogP contribution in [0.25, 0.3) is 56.4 Å². The number of pyridine rings is 6. The number of methoxy groups -OCH3 is 2. The number of hydrogen-bond donors (Lipinski definition) is 0. The number of carbonyl (C=O) groups excluding carboxylic acids is 2. The minimum absolute atomic E-state index is 0. The van der Waals surface area contributed by atoms with Crippen molar-refractivity contribution in [1.82, 2.24) is 29.9 Å². The molecule has 0 bridgehead atoms. The van der Waals surface area contributed by atoms with Crippen molar-refractivity contribution in [3.63, 3.8) is 0 Å². The van der Waals surface area contributed by atoms with Crippen LogP contribution in [0.4, 0.5) is 0 Å². The van der Waals surface area contributed by atoms with Crippen molar-refractivity contribution < 1.29 is 38.5 Å². The van der Waals surface area contributed by atoms with Gasteiger partial charge in [0.1, 0.15) is 0 Å². The van der Waals surface area contributed by atoms with E-state index in [2.05, 4.69) is 29.9 Å². The zero-order valence-electron chi connectivity index (χ0n) is 31.0. The normalized spacial score (nSPS) is 9.93. The maximum Gasteiger partial charge on any atom is 0.337 e. The predicted octanol–water partition coefficient (Wildman–Crippen LogP) is 9.34. The van der Waals surface area contributed by atoms with Gasteiger partial charge < -0.3 is 9.47 Å². The van der Waals surface area contributed by atoms with Crippen molar-refractivity contribution >= 4 is 11.9 Å². The molecule has 10 nitrogen and oxygen atoms in total. The summed E-state index contributed by atoms with van der Waals surface area (Å²) in [6.07, 6.45) is 10.6. The second-order valence-electron chi connectivity index (χ2n) is 11.9. The van der Waals surface area contributed by atoms with E-state index >= 15 is 0 Å². The second kappa shape index (κ2) is 21.1. The van der Waals surface area contributed by atoms with E-state index in [0.29, 0.717) is 11.1 Å². The third kappa shape index (κ3) is 11.5. The maximum atomic E-state index is 11.6. The van der Waals surface area contributed by atoms with E-state index < -0.39 is 0 Å². The Morgan fingerprint density at radius 2 is 0.632 bits per heavy atom. The Bertz CT molecular complexity index is 2170. The molecule has 8 rings (SSSR count). The fraction of sp³-hybridized carbons (Fsp3) is 0.0435. The van der Waals surface area contributed by atoms with Crippen LogP contribution < -0.4 is 0 Å². The van der Waals surface area contributed by atoms with Gasteiger partial charge in [-0.1, -0.05) is 60.7 Å². The van der Waals surface area contributed by atoms with Gasteiger partial charge in [-0.3, -0.25) is 29.9 Å². The molecule has 0 spiro atoms. The van der Waals surface area contributed by atoms with Gasteiger partial charge in [-0.05, 0) is 96.1 Å². The Hall–Kier alpha value is -7.10. The molecule has 6 heterocycles. The average Bonchev–Trinajstić information content (AvgIpc) is 3.30. The number of carbonyl (C=O) groups is 2. The topological polar surface area (TPSA) is 130 Å². The van der Waals surface area contributed by atoms with Crippen LogP contribution in [0.2, 0.25) is 0 Å². The summed E-state index contributed by atoms with van der Waals surface area (Å²) in [6, 6.07) is 45.3. The molecule has 282 valence electrons. The van der Waals surface area contributed by atoms with Gasteiger partial charge in [-0.2, -0.15) is 0 Å². The first kappa shape index (κ1) is 41.1. The standard InChI is InChI=1S/C26H20N2O4.2C10H8N2.Ru/c1-31-25(29)19-7-3-17(4-8-19)21-11-13-23(27-15-21)24-14-12-22(16-28-24)18-5-9-20(10-6-18)26(30)32-2;2*1-3-7-11-9(5-1)10-6-2-4-8-12-10;/h3-16H,1-2H3;2*1-8H;. The molecule has 6 aromatic heterocycles. The van der Waals surface area contributed by atoms with Crippen molar-refractivity contribution in [2.45, 2.75) is 0 Å². The Kier molecular flexibility index (Phi) is 15.2. The van der Waals surface area contributed by atoms with Crippen LogP contribution in [0.1, 0.15) is 20.7 Å². The van der Waals surface area contributed by atoms with Gasteiger partial charge in [0.05, 0.1) is 59.5 Å². The van der Waals surface area contributed by atoms with Crippen LogP contribution in [-0.4, -0.2) is 56.1 Å². The number of ether oxygens (including phenoxy) is 2. The van der Waals surface area contributed by atoms with E-state index in [0.717, 1.165) is 56.4 Å². The molecule has 0 saturated heterocycles. The third-order valence-electron chi connectivity index (χ3n) is 8.25. The number of benzene rings is 2. The molecule has 0 atom stereocenters.